The van der Waals surface area contributed by atoms with Crippen molar-refractivity contribution < 1.29 is 27.1 Å². The van der Waals surface area contributed by atoms with Gasteiger partial charge in [0.25, 0.3) is 11.5 Å². The normalized spacial score (nSPS) is 14.0. The van der Waals surface area contributed by atoms with Gasteiger partial charge in [0.1, 0.15) is 35.1 Å². The molecule has 0 bridgehead atoms. The Hall–Kier alpha value is -3.74. The fraction of sp³-hybridized carbons (Fsp3) is 0.273. The van der Waals surface area contributed by atoms with Crippen LogP contribution < -0.4 is 10.3 Å². The molecule has 0 fully saturated rings. The molecule has 0 saturated heterocycles. The number of halogens is 4. The van der Waals surface area contributed by atoms with Crippen molar-refractivity contribution in [2.45, 2.75) is 19.6 Å². The molecule has 0 aliphatic carbocycles. The van der Waals surface area contributed by atoms with E-state index in [1.54, 1.807) is 29.8 Å². The number of imidazole rings is 1. The number of hydrogen-bond acceptors (Lipinski definition) is 6. The average Bonchev–Trinajstić information content (AvgIpc) is 3.45. The zero-order valence-corrected chi connectivity index (χ0v) is 19.0. The van der Waals surface area contributed by atoms with Crippen LogP contribution >= 0.6 is 11.3 Å². The Labute approximate surface area is 199 Å². The summed E-state index contributed by atoms with van der Waals surface area (Å²) in [5, 5.41) is -1.17. The number of thiazole rings is 1. The van der Waals surface area contributed by atoms with Gasteiger partial charge in [-0.1, -0.05) is 0 Å². The second kappa shape index (κ2) is 8.48. The van der Waals surface area contributed by atoms with Crippen LogP contribution in [0.4, 0.5) is 17.6 Å². The topological polar surface area (TPSA) is 82.3 Å². The minimum Gasteiger partial charge on any atom is -0.489 e. The SMILES string of the molecule is Cc1cn(-c2ccc3n(c2=O)CCN(CCOc2ccc(F)c4sc(C(F)(F)F)nc24)C3=O)cn1. The molecule has 182 valence electrons. The Morgan fingerprint density at radius 1 is 1.14 bits per heavy atom. The summed E-state index contributed by atoms with van der Waals surface area (Å²) in [5.41, 5.74) is 0.814. The number of rotatable bonds is 5. The summed E-state index contributed by atoms with van der Waals surface area (Å²) < 4.78 is 61.4. The van der Waals surface area contributed by atoms with E-state index < -0.39 is 17.0 Å². The highest BCUT2D eigenvalue weighted by molar-refractivity contribution is 7.18. The predicted molar refractivity (Wildman–Crippen MR) is 119 cm³/mol. The number of alkyl halides is 3. The van der Waals surface area contributed by atoms with Gasteiger partial charge in [-0.3, -0.25) is 9.59 Å². The van der Waals surface area contributed by atoms with E-state index in [0.29, 0.717) is 5.69 Å². The van der Waals surface area contributed by atoms with Gasteiger partial charge in [-0.2, -0.15) is 13.2 Å². The molecule has 4 heterocycles. The van der Waals surface area contributed by atoms with Crippen LogP contribution in [0, 0.1) is 12.7 Å². The third-order valence-electron chi connectivity index (χ3n) is 5.56. The van der Waals surface area contributed by atoms with E-state index in [1.165, 1.54) is 21.9 Å². The number of nitrogens with zero attached hydrogens (tertiary/aromatic N) is 5. The number of aryl methyl sites for hydroxylation is 1. The van der Waals surface area contributed by atoms with E-state index >= 15 is 0 Å². The van der Waals surface area contributed by atoms with Gasteiger partial charge in [0.15, 0.2) is 5.01 Å². The van der Waals surface area contributed by atoms with Crippen LogP contribution in [0.3, 0.4) is 0 Å². The fourth-order valence-electron chi connectivity index (χ4n) is 3.88. The molecule has 0 spiro atoms. The van der Waals surface area contributed by atoms with E-state index in [1.807, 2.05) is 0 Å². The number of carbonyl (C=O) groups excluding carboxylic acids is 1. The molecule has 5 rings (SSSR count). The molecule has 0 N–H and O–H groups in total. The standard InChI is InChI=1S/C22H17F4N5O3S/c1-12-10-30(11-27-12)14-3-4-15-19(32)29(6-7-31(15)20(14)33)8-9-34-16-5-2-13(23)18-17(16)28-21(35-18)22(24,25)26/h2-5,10-11H,6-9H2,1H3. The third kappa shape index (κ3) is 4.16. The second-order valence-electron chi connectivity index (χ2n) is 7.86. The zero-order chi connectivity index (χ0) is 24.9. The molecule has 1 aliphatic rings. The maximum absolute atomic E-state index is 14.0. The molecule has 0 radical (unpaired) electrons. The fourth-order valence-corrected chi connectivity index (χ4v) is 4.73. The summed E-state index contributed by atoms with van der Waals surface area (Å²) in [4.78, 5) is 34.9. The highest BCUT2D eigenvalue weighted by atomic mass is 32.1. The maximum atomic E-state index is 14.0. The first-order chi connectivity index (χ1) is 16.6. The Morgan fingerprint density at radius 3 is 2.66 bits per heavy atom. The molecule has 4 aromatic rings. The summed E-state index contributed by atoms with van der Waals surface area (Å²) in [6, 6.07) is 5.36. The van der Waals surface area contributed by atoms with Crippen molar-refractivity contribution in [2.24, 2.45) is 0 Å². The molecule has 1 aliphatic heterocycles. The van der Waals surface area contributed by atoms with E-state index in [0.717, 1.165) is 11.8 Å². The number of fused-ring (bicyclic) bond motifs is 2. The molecule has 35 heavy (non-hydrogen) atoms. The van der Waals surface area contributed by atoms with Crippen molar-refractivity contribution in [2.75, 3.05) is 19.7 Å². The van der Waals surface area contributed by atoms with E-state index in [9.17, 15) is 27.2 Å². The molecular weight excluding hydrogens is 490 g/mol. The van der Waals surface area contributed by atoms with Gasteiger partial charge in [-0.25, -0.2) is 14.4 Å². The van der Waals surface area contributed by atoms with Crippen LogP contribution in [0.15, 0.2) is 41.6 Å². The van der Waals surface area contributed by atoms with Gasteiger partial charge in [0, 0.05) is 19.3 Å². The number of pyridine rings is 1. The number of hydrogen-bond donors (Lipinski definition) is 0. The lowest BCUT2D eigenvalue weighted by atomic mass is 10.2. The number of carbonyl (C=O) groups is 1. The Balaban J connectivity index is 1.31. The summed E-state index contributed by atoms with van der Waals surface area (Å²) >= 11 is 0.208. The van der Waals surface area contributed by atoms with Crippen molar-refractivity contribution in [3.63, 3.8) is 0 Å². The van der Waals surface area contributed by atoms with Crippen LogP contribution in [-0.2, 0) is 12.7 Å². The number of benzene rings is 1. The van der Waals surface area contributed by atoms with Crippen LogP contribution in [0.1, 0.15) is 21.2 Å². The number of aromatic nitrogens is 4. The minimum absolute atomic E-state index is 0.00510. The molecule has 1 amide bonds. The smallest absolute Gasteiger partial charge is 0.443 e. The van der Waals surface area contributed by atoms with Crippen LogP contribution in [-0.4, -0.2) is 49.6 Å². The maximum Gasteiger partial charge on any atom is 0.443 e. The van der Waals surface area contributed by atoms with Gasteiger partial charge in [0.2, 0.25) is 0 Å². The van der Waals surface area contributed by atoms with Crippen molar-refractivity contribution >= 4 is 27.5 Å². The highest BCUT2D eigenvalue weighted by Crippen LogP contribution is 2.39. The Kier molecular flexibility index (Phi) is 5.58. The number of amides is 1. The highest BCUT2D eigenvalue weighted by Gasteiger charge is 2.36. The molecule has 0 atom stereocenters. The summed E-state index contributed by atoms with van der Waals surface area (Å²) in [7, 11) is 0. The first-order valence-corrected chi connectivity index (χ1v) is 11.3. The van der Waals surface area contributed by atoms with Crippen LogP contribution in [0.25, 0.3) is 15.9 Å². The first kappa shape index (κ1) is 23.0. The summed E-state index contributed by atoms with van der Waals surface area (Å²) in [6.07, 6.45) is -1.46. The Bertz CT molecular complexity index is 1510. The van der Waals surface area contributed by atoms with Gasteiger partial charge in [-0.05, 0) is 31.2 Å². The number of ether oxygens (including phenoxy) is 1. The lowest BCUT2D eigenvalue weighted by molar-refractivity contribution is -0.137. The van der Waals surface area contributed by atoms with E-state index in [4.69, 9.17) is 4.74 Å². The van der Waals surface area contributed by atoms with Crippen LogP contribution in [0.2, 0.25) is 0 Å². The quantitative estimate of drug-likeness (QED) is 0.386. The van der Waals surface area contributed by atoms with E-state index in [2.05, 4.69) is 9.97 Å². The molecule has 8 nitrogen and oxygen atoms in total. The largest absolute Gasteiger partial charge is 0.489 e. The first-order valence-electron chi connectivity index (χ1n) is 10.5. The Morgan fingerprint density at radius 2 is 1.94 bits per heavy atom. The second-order valence-corrected chi connectivity index (χ2v) is 8.86. The summed E-state index contributed by atoms with van der Waals surface area (Å²) in [6.45, 7) is 2.38. The monoisotopic (exact) mass is 507 g/mol. The molecule has 3 aromatic heterocycles. The van der Waals surface area contributed by atoms with Gasteiger partial charge < -0.3 is 18.8 Å². The molecule has 1 aromatic carbocycles. The van der Waals surface area contributed by atoms with Gasteiger partial charge in [0.05, 0.1) is 23.3 Å². The molecule has 0 unspecified atom stereocenters. The lowest BCUT2D eigenvalue weighted by Gasteiger charge is -2.29. The lowest BCUT2D eigenvalue weighted by Crippen LogP contribution is -2.46. The van der Waals surface area contributed by atoms with Crippen molar-refractivity contribution in [3.05, 3.63) is 69.4 Å². The van der Waals surface area contributed by atoms with E-state index in [-0.39, 0.29) is 70.7 Å². The predicted octanol–water partition coefficient (Wildman–Crippen LogP) is 3.64. The van der Waals surface area contributed by atoms with Crippen molar-refractivity contribution in [1.82, 2.24) is 24.0 Å². The molecular formula is C22H17F4N5O3S. The average molecular weight is 507 g/mol. The van der Waals surface area contributed by atoms with Gasteiger partial charge in [-0.15, -0.1) is 11.3 Å². The minimum atomic E-state index is -4.70. The zero-order valence-electron chi connectivity index (χ0n) is 18.2. The third-order valence-corrected chi connectivity index (χ3v) is 6.67. The van der Waals surface area contributed by atoms with Crippen molar-refractivity contribution in [3.8, 4) is 11.4 Å². The summed E-state index contributed by atoms with van der Waals surface area (Å²) in [5.74, 6) is -1.20. The molecule has 13 heteroatoms. The molecule has 0 saturated carbocycles. The van der Waals surface area contributed by atoms with Crippen molar-refractivity contribution in [1.29, 1.82) is 0 Å². The van der Waals surface area contributed by atoms with Crippen LogP contribution in [0.5, 0.6) is 5.75 Å². The van der Waals surface area contributed by atoms with Gasteiger partial charge >= 0.3 is 6.18 Å².